The minimum absolute atomic E-state index is 0.529. The third-order valence-corrected chi connectivity index (χ3v) is 2.11. The van der Waals surface area contributed by atoms with Gasteiger partial charge in [0.05, 0.1) is 0 Å². The Morgan fingerprint density at radius 3 is 2.12 bits per heavy atom. The summed E-state index contributed by atoms with van der Waals surface area (Å²) in [5.74, 6) is 1.59. The van der Waals surface area contributed by atoms with Crippen molar-refractivity contribution in [3.8, 4) is 0 Å². The molecule has 6 heteroatoms. The number of nitrogens with zero attached hydrogens (tertiary/aromatic N) is 3. The largest absolute Gasteiger partial charge is 0.357 e. The molecule has 1 aromatic rings. The Morgan fingerprint density at radius 2 is 1.62 bits per heavy atom. The Morgan fingerprint density at radius 1 is 1.00 bits per heavy atom. The topological polar surface area (TPSA) is 74.8 Å². The van der Waals surface area contributed by atoms with Crippen molar-refractivity contribution < 1.29 is 0 Å². The van der Waals surface area contributed by atoms with Gasteiger partial charge in [-0.05, 0) is 12.5 Å². The van der Waals surface area contributed by atoms with Gasteiger partial charge in [-0.1, -0.05) is 12.2 Å². The Kier molecular flexibility index (Phi) is 3.00. The fraction of sp³-hybridized carbons (Fsp3) is 0.300. The predicted octanol–water partition coefficient (Wildman–Crippen LogP) is 1.21. The van der Waals surface area contributed by atoms with Crippen molar-refractivity contribution in [2.45, 2.75) is 6.42 Å². The average molecular weight is 218 g/mol. The molecule has 0 aliphatic heterocycles. The lowest BCUT2D eigenvalue weighted by Gasteiger charge is -2.07. The van der Waals surface area contributed by atoms with E-state index in [1.54, 1.807) is 14.1 Å². The summed E-state index contributed by atoms with van der Waals surface area (Å²) in [5.41, 5.74) is 1.01. The second-order valence-electron chi connectivity index (χ2n) is 3.23. The van der Waals surface area contributed by atoms with E-state index in [1.807, 2.05) is 6.08 Å². The molecule has 3 N–H and O–H groups in total. The van der Waals surface area contributed by atoms with E-state index in [1.165, 1.54) is 0 Å². The number of aromatic nitrogens is 3. The van der Waals surface area contributed by atoms with Crippen LogP contribution in [0.2, 0.25) is 0 Å². The summed E-state index contributed by atoms with van der Waals surface area (Å²) in [6, 6.07) is 0. The molecular formula is C10H14N6. The van der Waals surface area contributed by atoms with Gasteiger partial charge in [0, 0.05) is 19.8 Å². The van der Waals surface area contributed by atoms with Crippen molar-refractivity contribution in [2.75, 3.05) is 30.0 Å². The maximum absolute atomic E-state index is 4.20. The molecule has 0 amide bonds. The first kappa shape index (κ1) is 10.4. The van der Waals surface area contributed by atoms with Crippen LogP contribution in [0.1, 0.15) is 6.42 Å². The quantitative estimate of drug-likeness (QED) is 0.705. The van der Waals surface area contributed by atoms with Crippen molar-refractivity contribution in [3.63, 3.8) is 0 Å². The normalized spacial score (nSPS) is 13.5. The Bertz CT molecular complexity index is 415. The molecule has 0 saturated carbocycles. The van der Waals surface area contributed by atoms with Gasteiger partial charge in [-0.3, -0.25) is 0 Å². The lowest BCUT2D eigenvalue weighted by molar-refractivity contribution is 1.04. The lowest BCUT2D eigenvalue weighted by Crippen LogP contribution is -2.08. The van der Waals surface area contributed by atoms with Gasteiger partial charge in [-0.15, -0.1) is 0 Å². The van der Waals surface area contributed by atoms with E-state index in [0.717, 1.165) is 12.1 Å². The Balaban J connectivity index is 2.22. The number of hydrogen-bond donors (Lipinski definition) is 3. The van der Waals surface area contributed by atoms with Crippen molar-refractivity contribution in [1.29, 1.82) is 0 Å². The third-order valence-electron chi connectivity index (χ3n) is 2.11. The molecule has 2 rings (SSSR count). The summed E-state index contributed by atoms with van der Waals surface area (Å²) in [6.45, 7) is 0. The molecule has 1 aliphatic carbocycles. The average Bonchev–Trinajstić information content (AvgIpc) is 2.81. The molecular weight excluding hydrogens is 204 g/mol. The predicted molar refractivity (Wildman–Crippen MR) is 64.4 cm³/mol. The highest BCUT2D eigenvalue weighted by Gasteiger charge is 2.05. The van der Waals surface area contributed by atoms with E-state index in [4.69, 9.17) is 0 Å². The van der Waals surface area contributed by atoms with Crippen LogP contribution < -0.4 is 16.0 Å². The van der Waals surface area contributed by atoms with Crippen LogP contribution in [0.5, 0.6) is 0 Å². The molecule has 84 valence electrons. The fourth-order valence-electron chi connectivity index (χ4n) is 1.34. The molecule has 6 nitrogen and oxygen atoms in total. The molecule has 1 heterocycles. The summed E-state index contributed by atoms with van der Waals surface area (Å²) in [6.07, 6.45) is 7.09. The van der Waals surface area contributed by atoms with Crippen LogP contribution in [0.3, 0.4) is 0 Å². The van der Waals surface area contributed by atoms with Gasteiger partial charge < -0.3 is 16.0 Å². The molecule has 1 aromatic heterocycles. The van der Waals surface area contributed by atoms with Crippen LogP contribution in [0.25, 0.3) is 0 Å². The molecule has 0 atom stereocenters. The molecule has 0 saturated heterocycles. The van der Waals surface area contributed by atoms with Gasteiger partial charge in [-0.2, -0.15) is 15.0 Å². The highest BCUT2D eigenvalue weighted by atomic mass is 15.3. The van der Waals surface area contributed by atoms with Gasteiger partial charge >= 0.3 is 0 Å². The molecule has 0 bridgehead atoms. The smallest absolute Gasteiger partial charge is 0.233 e. The first-order chi connectivity index (χ1) is 7.81. The van der Waals surface area contributed by atoms with Crippen molar-refractivity contribution in [3.05, 3.63) is 23.9 Å². The van der Waals surface area contributed by atoms with Crippen LogP contribution in [-0.4, -0.2) is 29.0 Å². The molecule has 0 unspecified atom stereocenters. The summed E-state index contributed by atoms with van der Waals surface area (Å²) in [4.78, 5) is 12.5. The van der Waals surface area contributed by atoms with E-state index < -0.39 is 0 Å². The molecule has 0 radical (unpaired) electrons. The van der Waals surface area contributed by atoms with Crippen LogP contribution >= 0.6 is 0 Å². The minimum Gasteiger partial charge on any atom is -0.357 e. The van der Waals surface area contributed by atoms with Gasteiger partial charge in [0.15, 0.2) is 0 Å². The maximum atomic E-state index is 4.20. The summed E-state index contributed by atoms with van der Waals surface area (Å²) >= 11 is 0. The highest BCUT2D eigenvalue weighted by Crippen LogP contribution is 2.14. The number of rotatable bonds is 4. The van der Waals surface area contributed by atoms with Gasteiger partial charge in [0.1, 0.15) is 0 Å². The lowest BCUT2D eigenvalue weighted by atomic mass is 10.4. The summed E-state index contributed by atoms with van der Waals surface area (Å²) in [7, 11) is 3.54. The summed E-state index contributed by atoms with van der Waals surface area (Å²) < 4.78 is 0. The van der Waals surface area contributed by atoms with Gasteiger partial charge in [0.2, 0.25) is 17.8 Å². The molecule has 1 aliphatic rings. The van der Waals surface area contributed by atoms with Crippen LogP contribution in [0.4, 0.5) is 17.8 Å². The number of allylic oxidation sites excluding steroid dienone is 3. The first-order valence-electron chi connectivity index (χ1n) is 5.07. The second kappa shape index (κ2) is 4.61. The monoisotopic (exact) mass is 218 g/mol. The number of hydrogen-bond acceptors (Lipinski definition) is 6. The third kappa shape index (κ3) is 2.28. The van der Waals surface area contributed by atoms with Crippen LogP contribution in [0.15, 0.2) is 23.9 Å². The highest BCUT2D eigenvalue weighted by molar-refractivity contribution is 5.47. The number of nitrogens with one attached hydrogen (secondary N) is 3. The molecule has 0 spiro atoms. The standard InChI is InChI=1S/C10H14N6/c1-11-8-14-9(12-2)16-10(15-8)13-7-5-3-4-6-7/h3,5-6H,4H2,1-2H3,(H3,11,12,13,14,15,16). The minimum atomic E-state index is 0.529. The summed E-state index contributed by atoms with van der Waals surface area (Å²) in [5, 5.41) is 8.90. The van der Waals surface area contributed by atoms with Crippen molar-refractivity contribution in [1.82, 2.24) is 15.0 Å². The van der Waals surface area contributed by atoms with E-state index >= 15 is 0 Å². The van der Waals surface area contributed by atoms with E-state index in [9.17, 15) is 0 Å². The first-order valence-corrected chi connectivity index (χ1v) is 5.07. The fourth-order valence-corrected chi connectivity index (χ4v) is 1.34. The van der Waals surface area contributed by atoms with E-state index in [0.29, 0.717) is 17.8 Å². The SMILES string of the molecule is CNc1nc(NC)nc(NC2=CCC=C2)n1. The second-order valence-corrected chi connectivity index (χ2v) is 3.23. The molecule has 0 aromatic carbocycles. The Hall–Kier alpha value is -2.11. The van der Waals surface area contributed by atoms with E-state index in [-0.39, 0.29) is 0 Å². The Labute approximate surface area is 93.9 Å². The van der Waals surface area contributed by atoms with Crippen molar-refractivity contribution in [2.24, 2.45) is 0 Å². The van der Waals surface area contributed by atoms with Gasteiger partial charge in [-0.25, -0.2) is 0 Å². The van der Waals surface area contributed by atoms with E-state index in [2.05, 4.69) is 43.1 Å². The zero-order valence-corrected chi connectivity index (χ0v) is 9.28. The van der Waals surface area contributed by atoms with Crippen LogP contribution in [0, 0.1) is 0 Å². The van der Waals surface area contributed by atoms with Gasteiger partial charge in [0.25, 0.3) is 0 Å². The zero-order valence-electron chi connectivity index (χ0n) is 9.28. The van der Waals surface area contributed by atoms with Crippen molar-refractivity contribution >= 4 is 17.8 Å². The number of anilines is 3. The molecule has 0 fully saturated rings. The zero-order chi connectivity index (χ0) is 11.4. The maximum Gasteiger partial charge on any atom is 0.233 e. The molecule has 16 heavy (non-hydrogen) atoms. The van der Waals surface area contributed by atoms with Crippen LogP contribution in [-0.2, 0) is 0 Å².